The van der Waals surface area contributed by atoms with Gasteiger partial charge < -0.3 is 30.5 Å². The molecule has 0 aromatic heterocycles. The van der Waals surface area contributed by atoms with E-state index in [4.69, 9.17) is 0 Å². The third-order valence-corrected chi connectivity index (χ3v) is 5.92. The van der Waals surface area contributed by atoms with Gasteiger partial charge >= 0.3 is 0 Å². The molecule has 1 fully saturated rings. The molecule has 0 heterocycles. The summed E-state index contributed by atoms with van der Waals surface area (Å²) in [6.07, 6.45) is 0.697. The van der Waals surface area contributed by atoms with Gasteiger partial charge in [0.2, 0.25) is 5.91 Å². The third-order valence-electron chi connectivity index (χ3n) is 5.92. The Kier molecular flexibility index (Phi) is 8.71. The van der Waals surface area contributed by atoms with Crippen molar-refractivity contribution in [2.45, 2.75) is 96.5 Å². The lowest BCUT2D eigenvalue weighted by Crippen LogP contribution is -2.62. The molecule has 7 heteroatoms. The minimum absolute atomic E-state index is 0.0221. The van der Waals surface area contributed by atoms with Gasteiger partial charge in [-0.05, 0) is 66.4 Å². The molecule has 0 saturated heterocycles. The monoisotopic (exact) mass is 446 g/mol. The molecule has 180 valence electrons. The number of aliphatic hydroxyl groups is 1. The maximum Gasteiger partial charge on any atom is 0.225 e. The molecule has 0 radical (unpaired) electrons. The van der Waals surface area contributed by atoms with Crippen LogP contribution in [0.5, 0.6) is 0 Å². The molecular formula is C25H40N3O4-. The molecule has 1 aromatic carbocycles. The summed E-state index contributed by atoms with van der Waals surface area (Å²) in [5.74, 6) is -0.136. The summed E-state index contributed by atoms with van der Waals surface area (Å²) in [5, 5.41) is 29.6. The normalized spacial score (nSPS) is 21.1. The van der Waals surface area contributed by atoms with Gasteiger partial charge in [-0.3, -0.25) is 4.79 Å². The molecule has 0 spiro atoms. The van der Waals surface area contributed by atoms with Crippen LogP contribution < -0.4 is 15.7 Å². The van der Waals surface area contributed by atoms with Crippen LogP contribution in [0.4, 0.5) is 4.79 Å². The Balaban J connectivity index is 2.14. The fourth-order valence-electron chi connectivity index (χ4n) is 4.55. The molecule has 1 saturated carbocycles. The van der Waals surface area contributed by atoms with Gasteiger partial charge in [-0.1, -0.05) is 36.8 Å². The minimum atomic E-state index is -1.30. The zero-order valence-corrected chi connectivity index (χ0v) is 20.4. The van der Waals surface area contributed by atoms with Gasteiger partial charge in [0, 0.05) is 23.7 Å². The van der Waals surface area contributed by atoms with Crippen LogP contribution in [0.25, 0.3) is 0 Å². The minimum Gasteiger partial charge on any atom is -0.530 e. The van der Waals surface area contributed by atoms with Gasteiger partial charge in [-0.25, -0.2) is 0 Å². The molecule has 4 atom stereocenters. The number of carbonyl (C=O) groups is 2. The van der Waals surface area contributed by atoms with Gasteiger partial charge in [0.05, 0.1) is 18.1 Å². The first-order chi connectivity index (χ1) is 14.8. The van der Waals surface area contributed by atoms with E-state index in [1.807, 2.05) is 51.1 Å². The highest BCUT2D eigenvalue weighted by Crippen LogP contribution is 2.27. The highest BCUT2D eigenvalue weighted by atomic mass is 16.4. The van der Waals surface area contributed by atoms with Crippen molar-refractivity contribution in [3.63, 3.8) is 0 Å². The van der Waals surface area contributed by atoms with Gasteiger partial charge in [-0.2, -0.15) is 0 Å². The average Bonchev–Trinajstić information content (AvgIpc) is 3.12. The summed E-state index contributed by atoms with van der Waals surface area (Å²) < 4.78 is 0. The zero-order chi connectivity index (χ0) is 24.1. The molecule has 0 aliphatic heterocycles. The summed E-state index contributed by atoms with van der Waals surface area (Å²) in [7, 11) is 0. The Labute approximate surface area is 192 Å². The van der Waals surface area contributed by atoms with Crippen molar-refractivity contribution in [1.29, 1.82) is 0 Å². The van der Waals surface area contributed by atoms with E-state index in [-0.39, 0.29) is 30.0 Å². The Hall–Kier alpha value is -2.12. The van der Waals surface area contributed by atoms with E-state index in [0.717, 1.165) is 24.8 Å². The molecule has 7 nitrogen and oxygen atoms in total. The summed E-state index contributed by atoms with van der Waals surface area (Å²) in [5.41, 5.74) is -0.0936. The molecule has 2 rings (SSSR count). The largest absolute Gasteiger partial charge is 0.530 e. The van der Waals surface area contributed by atoms with Gasteiger partial charge in [0.25, 0.3) is 0 Å². The summed E-state index contributed by atoms with van der Waals surface area (Å²) >= 11 is 0. The lowest BCUT2D eigenvalue weighted by atomic mass is 9.94. The van der Waals surface area contributed by atoms with E-state index in [1.54, 1.807) is 20.8 Å². The second-order valence-corrected chi connectivity index (χ2v) is 10.9. The average molecular weight is 447 g/mol. The maximum absolute atomic E-state index is 12.7. The van der Waals surface area contributed by atoms with Crippen LogP contribution in [-0.4, -0.2) is 57.8 Å². The lowest BCUT2D eigenvalue weighted by Gasteiger charge is -2.46. The number of nitrogens with zero attached hydrogens (tertiary/aromatic N) is 1. The van der Waals surface area contributed by atoms with Crippen LogP contribution in [0.1, 0.15) is 66.4 Å². The molecule has 3 N–H and O–H groups in total. The van der Waals surface area contributed by atoms with E-state index >= 15 is 0 Å². The van der Waals surface area contributed by atoms with E-state index < -0.39 is 23.8 Å². The smallest absolute Gasteiger partial charge is 0.225 e. The van der Waals surface area contributed by atoms with Crippen molar-refractivity contribution in [2.75, 3.05) is 6.54 Å². The number of carbonyl (C=O) groups excluding carboxylic acids is 2. The van der Waals surface area contributed by atoms with Crippen LogP contribution in [0, 0.1) is 5.92 Å². The number of carboxylic acid groups (broad SMARTS) is 1. The van der Waals surface area contributed by atoms with Crippen molar-refractivity contribution in [1.82, 2.24) is 15.5 Å². The number of nitrogens with one attached hydrogen (secondary N) is 2. The van der Waals surface area contributed by atoms with E-state index in [2.05, 4.69) is 10.6 Å². The first-order valence-corrected chi connectivity index (χ1v) is 11.6. The van der Waals surface area contributed by atoms with Crippen LogP contribution in [0.15, 0.2) is 30.3 Å². The quantitative estimate of drug-likeness (QED) is 0.567. The van der Waals surface area contributed by atoms with Gasteiger partial charge in [-0.15, -0.1) is 0 Å². The Bertz CT molecular complexity index is 755. The Morgan fingerprint density at radius 3 is 2.28 bits per heavy atom. The number of amides is 2. The highest BCUT2D eigenvalue weighted by Gasteiger charge is 2.37. The lowest BCUT2D eigenvalue weighted by molar-refractivity contribution is -0.275. The van der Waals surface area contributed by atoms with Crippen molar-refractivity contribution >= 4 is 12.0 Å². The maximum atomic E-state index is 12.7. The first-order valence-electron chi connectivity index (χ1n) is 11.6. The molecule has 0 bridgehead atoms. The molecule has 1 aliphatic rings. The van der Waals surface area contributed by atoms with Crippen LogP contribution in [-0.2, 0) is 11.2 Å². The SMILES string of the molecule is CC(C)(C)NC(=O)[C@@H]1CCC[C@H]1NC[C@H](O)[C@H](Cc1ccccc1)N(C(=O)[O-])C(C)(C)C. The van der Waals surface area contributed by atoms with Crippen molar-refractivity contribution in [3.05, 3.63) is 35.9 Å². The first kappa shape index (κ1) is 26.1. The summed E-state index contributed by atoms with van der Waals surface area (Å²) in [4.78, 5) is 26.0. The predicted octanol–water partition coefficient (Wildman–Crippen LogP) is 2.08. The Morgan fingerprint density at radius 1 is 1.12 bits per heavy atom. The van der Waals surface area contributed by atoms with Crippen molar-refractivity contribution in [3.8, 4) is 0 Å². The van der Waals surface area contributed by atoms with Gasteiger partial charge in [0.1, 0.15) is 6.09 Å². The van der Waals surface area contributed by atoms with E-state index in [0.29, 0.717) is 6.42 Å². The number of hydrogen-bond acceptors (Lipinski definition) is 5. The fourth-order valence-corrected chi connectivity index (χ4v) is 4.55. The molecule has 1 aliphatic carbocycles. The second kappa shape index (κ2) is 10.7. The number of aliphatic hydroxyl groups excluding tert-OH is 1. The van der Waals surface area contributed by atoms with Crippen LogP contribution in [0.2, 0.25) is 0 Å². The Morgan fingerprint density at radius 2 is 1.75 bits per heavy atom. The fraction of sp³-hybridized carbons (Fsp3) is 0.680. The van der Waals surface area contributed by atoms with E-state index in [1.165, 1.54) is 4.90 Å². The number of benzene rings is 1. The zero-order valence-electron chi connectivity index (χ0n) is 20.4. The molecular weight excluding hydrogens is 406 g/mol. The van der Waals surface area contributed by atoms with Crippen LogP contribution in [0.3, 0.4) is 0 Å². The van der Waals surface area contributed by atoms with Gasteiger partial charge in [0.15, 0.2) is 0 Å². The molecule has 32 heavy (non-hydrogen) atoms. The van der Waals surface area contributed by atoms with Crippen molar-refractivity contribution in [2.24, 2.45) is 5.92 Å². The second-order valence-electron chi connectivity index (χ2n) is 10.9. The standard InChI is InChI=1S/C25H41N3O4/c1-24(2,3)27-22(30)18-13-10-14-19(18)26-16-21(29)20(15-17-11-8-7-9-12-17)28(23(31)32)25(4,5)6/h7-9,11-12,18-21,26,29H,10,13-16H2,1-6H3,(H,27,30)(H,31,32)/p-1/t18-,19-,20+,21+/m1/s1. The number of hydrogen-bond donors (Lipinski definition) is 3. The number of rotatable bonds is 8. The molecule has 2 amide bonds. The highest BCUT2D eigenvalue weighted by molar-refractivity contribution is 5.80. The van der Waals surface area contributed by atoms with Crippen LogP contribution >= 0.6 is 0 Å². The predicted molar refractivity (Wildman–Crippen MR) is 124 cm³/mol. The molecule has 1 aromatic rings. The topological polar surface area (TPSA) is 105 Å². The third kappa shape index (κ3) is 7.48. The summed E-state index contributed by atoms with van der Waals surface area (Å²) in [6.45, 7) is 11.5. The van der Waals surface area contributed by atoms with E-state index in [9.17, 15) is 19.8 Å². The summed E-state index contributed by atoms with van der Waals surface area (Å²) in [6, 6.07) is 8.82. The van der Waals surface area contributed by atoms with Crippen molar-refractivity contribution < 1.29 is 19.8 Å². The molecule has 0 unspecified atom stereocenters.